The molecular formula is C15H22N2O4. The lowest BCUT2D eigenvalue weighted by Crippen LogP contribution is -2.51. The molecule has 0 bridgehead atoms. The minimum Gasteiger partial charge on any atom is -0.477 e. The van der Waals surface area contributed by atoms with Crippen LogP contribution in [0.2, 0.25) is 0 Å². The molecule has 2 rings (SSSR count). The Morgan fingerprint density at radius 3 is 3.05 bits per heavy atom. The summed E-state index contributed by atoms with van der Waals surface area (Å²) in [5.74, 6) is 0.0263. The maximum atomic E-state index is 12.4. The summed E-state index contributed by atoms with van der Waals surface area (Å²) in [6.45, 7) is 2.28. The molecule has 21 heavy (non-hydrogen) atoms. The van der Waals surface area contributed by atoms with Crippen molar-refractivity contribution in [3.05, 3.63) is 23.9 Å². The van der Waals surface area contributed by atoms with Crippen LogP contribution in [0.15, 0.2) is 18.3 Å². The molecule has 1 saturated carbocycles. The van der Waals surface area contributed by atoms with E-state index in [0.717, 1.165) is 19.3 Å². The highest BCUT2D eigenvalue weighted by molar-refractivity contribution is 5.96. The van der Waals surface area contributed by atoms with E-state index in [1.165, 1.54) is 0 Å². The Morgan fingerprint density at radius 2 is 2.33 bits per heavy atom. The normalized spacial score (nSPS) is 25.4. The number of aliphatic hydroxyl groups is 1. The molecule has 6 nitrogen and oxygen atoms in total. The van der Waals surface area contributed by atoms with E-state index in [9.17, 15) is 9.90 Å². The monoisotopic (exact) mass is 294 g/mol. The smallest absolute Gasteiger partial charge is 0.257 e. The second kappa shape index (κ2) is 7.38. The van der Waals surface area contributed by atoms with Gasteiger partial charge in [0.15, 0.2) is 0 Å². The first-order valence-electron chi connectivity index (χ1n) is 7.27. The first-order chi connectivity index (χ1) is 10.2. The maximum Gasteiger partial charge on any atom is 0.257 e. The van der Waals surface area contributed by atoms with Gasteiger partial charge in [-0.15, -0.1) is 0 Å². The number of aromatic nitrogens is 1. The Balaban J connectivity index is 2.07. The van der Waals surface area contributed by atoms with Crippen LogP contribution in [0.5, 0.6) is 5.88 Å². The van der Waals surface area contributed by atoms with E-state index in [4.69, 9.17) is 9.47 Å². The molecule has 0 saturated heterocycles. The van der Waals surface area contributed by atoms with Crippen molar-refractivity contribution in [3.63, 3.8) is 0 Å². The lowest BCUT2D eigenvalue weighted by molar-refractivity contribution is -0.0513. The Kier molecular flexibility index (Phi) is 5.52. The number of ether oxygens (including phenoxy) is 2. The van der Waals surface area contributed by atoms with Gasteiger partial charge in [-0.3, -0.25) is 4.79 Å². The van der Waals surface area contributed by atoms with Gasteiger partial charge in [-0.25, -0.2) is 4.98 Å². The Morgan fingerprint density at radius 1 is 1.52 bits per heavy atom. The molecule has 1 aliphatic rings. The number of aliphatic hydroxyl groups excluding tert-OH is 1. The van der Waals surface area contributed by atoms with Crippen LogP contribution >= 0.6 is 0 Å². The predicted octanol–water partition coefficient (Wildman–Crippen LogP) is 1.14. The molecule has 1 fully saturated rings. The van der Waals surface area contributed by atoms with Crippen LogP contribution in [0, 0.1) is 0 Å². The molecule has 3 atom stereocenters. The Bertz CT molecular complexity index is 480. The fourth-order valence-electron chi connectivity index (χ4n) is 2.62. The summed E-state index contributed by atoms with van der Waals surface area (Å²) in [7, 11) is 1.58. The number of amides is 1. The summed E-state index contributed by atoms with van der Waals surface area (Å²) in [4.78, 5) is 16.4. The highest BCUT2D eigenvalue weighted by Gasteiger charge is 2.33. The molecule has 116 valence electrons. The summed E-state index contributed by atoms with van der Waals surface area (Å²) >= 11 is 0. The molecule has 1 amide bonds. The van der Waals surface area contributed by atoms with Crippen LogP contribution in [0.1, 0.15) is 36.5 Å². The van der Waals surface area contributed by atoms with Crippen LogP contribution in [0.25, 0.3) is 0 Å². The molecule has 0 aliphatic heterocycles. The number of nitrogens with zero attached hydrogens (tertiary/aromatic N) is 1. The summed E-state index contributed by atoms with van der Waals surface area (Å²) in [5, 5.41) is 13.1. The van der Waals surface area contributed by atoms with E-state index in [0.29, 0.717) is 18.1 Å². The Hall–Kier alpha value is -1.66. The molecule has 2 N–H and O–H groups in total. The van der Waals surface area contributed by atoms with Crippen molar-refractivity contribution in [2.24, 2.45) is 0 Å². The van der Waals surface area contributed by atoms with Crippen LogP contribution in [0.4, 0.5) is 0 Å². The predicted molar refractivity (Wildman–Crippen MR) is 77.3 cm³/mol. The quantitative estimate of drug-likeness (QED) is 0.851. The number of nitrogens with one attached hydrogen (secondary N) is 1. The van der Waals surface area contributed by atoms with Crippen LogP contribution in [-0.2, 0) is 4.74 Å². The van der Waals surface area contributed by atoms with Crippen molar-refractivity contribution < 1.29 is 19.4 Å². The number of rotatable bonds is 5. The zero-order chi connectivity index (χ0) is 15.2. The molecule has 0 aromatic carbocycles. The van der Waals surface area contributed by atoms with E-state index in [-0.39, 0.29) is 18.1 Å². The number of carbonyl (C=O) groups excluding carboxylic acids is 1. The van der Waals surface area contributed by atoms with E-state index in [1.807, 2.05) is 6.92 Å². The van der Waals surface area contributed by atoms with Crippen LogP contribution < -0.4 is 10.1 Å². The van der Waals surface area contributed by atoms with E-state index in [1.54, 1.807) is 25.4 Å². The van der Waals surface area contributed by atoms with Gasteiger partial charge < -0.3 is 19.9 Å². The van der Waals surface area contributed by atoms with E-state index < -0.39 is 6.10 Å². The average molecular weight is 294 g/mol. The SMILES string of the molecule is CCOc1ncccc1C(=O)N[C@@H]1CCC[C@@H](OC)[C@@H]1O. The fraction of sp³-hybridized carbons (Fsp3) is 0.600. The van der Waals surface area contributed by atoms with Gasteiger partial charge in [0.25, 0.3) is 5.91 Å². The summed E-state index contributed by atoms with van der Waals surface area (Å²) in [6.07, 6.45) is 3.10. The van der Waals surface area contributed by atoms with Crippen molar-refractivity contribution >= 4 is 5.91 Å². The third-order valence-electron chi connectivity index (χ3n) is 3.71. The maximum absolute atomic E-state index is 12.4. The fourth-order valence-corrected chi connectivity index (χ4v) is 2.62. The molecule has 0 spiro atoms. The largest absolute Gasteiger partial charge is 0.477 e. The second-order valence-corrected chi connectivity index (χ2v) is 5.06. The molecule has 6 heteroatoms. The second-order valence-electron chi connectivity index (χ2n) is 5.06. The molecule has 0 unspecified atom stereocenters. The number of pyridine rings is 1. The van der Waals surface area contributed by atoms with Gasteiger partial charge in [-0.05, 0) is 38.3 Å². The van der Waals surface area contributed by atoms with Gasteiger partial charge in [-0.2, -0.15) is 0 Å². The molecule has 1 heterocycles. The van der Waals surface area contributed by atoms with E-state index >= 15 is 0 Å². The molecule has 1 aromatic rings. The molecule has 1 aromatic heterocycles. The summed E-state index contributed by atoms with van der Waals surface area (Å²) < 4.78 is 10.6. The Labute approximate surface area is 124 Å². The van der Waals surface area contributed by atoms with Crippen LogP contribution in [0.3, 0.4) is 0 Å². The van der Waals surface area contributed by atoms with Crippen LogP contribution in [-0.4, -0.2) is 48.0 Å². The lowest BCUT2D eigenvalue weighted by atomic mass is 9.89. The zero-order valence-corrected chi connectivity index (χ0v) is 12.4. The third-order valence-corrected chi connectivity index (χ3v) is 3.71. The lowest BCUT2D eigenvalue weighted by Gasteiger charge is -2.34. The summed E-state index contributed by atoms with van der Waals surface area (Å²) in [5.41, 5.74) is 0.381. The van der Waals surface area contributed by atoms with E-state index in [2.05, 4.69) is 10.3 Å². The molecule has 1 aliphatic carbocycles. The number of hydrogen-bond acceptors (Lipinski definition) is 5. The molecular weight excluding hydrogens is 272 g/mol. The standard InChI is InChI=1S/C15H22N2O4/c1-3-21-15-10(6-5-9-16-15)14(19)17-11-7-4-8-12(20-2)13(11)18/h5-6,9,11-13,18H,3-4,7-8H2,1-2H3,(H,17,19)/t11-,12-,13-/m1/s1. The van der Waals surface area contributed by atoms with Gasteiger partial charge >= 0.3 is 0 Å². The highest BCUT2D eigenvalue weighted by atomic mass is 16.5. The highest BCUT2D eigenvalue weighted by Crippen LogP contribution is 2.22. The minimum absolute atomic E-state index is 0.232. The zero-order valence-electron chi connectivity index (χ0n) is 12.4. The van der Waals surface area contributed by atoms with Gasteiger partial charge in [0, 0.05) is 13.3 Å². The van der Waals surface area contributed by atoms with Gasteiger partial charge in [-0.1, -0.05) is 0 Å². The van der Waals surface area contributed by atoms with Gasteiger partial charge in [0.2, 0.25) is 5.88 Å². The average Bonchev–Trinajstić information content (AvgIpc) is 2.50. The number of carbonyl (C=O) groups is 1. The van der Waals surface area contributed by atoms with Crippen molar-refractivity contribution in [2.45, 2.75) is 44.4 Å². The van der Waals surface area contributed by atoms with Crippen molar-refractivity contribution in [3.8, 4) is 5.88 Å². The van der Waals surface area contributed by atoms with Gasteiger partial charge in [0.05, 0.1) is 18.8 Å². The number of methoxy groups -OCH3 is 1. The summed E-state index contributed by atoms with van der Waals surface area (Å²) in [6, 6.07) is 3.04. The minimum atomic E-state index is -0.695. The first kappa shape index (κ1) is 15.7. The third kappa shape index (κ3) is 3.71. The number of hydrogen-bond donors (Lipinski definition) is 2. The van der Waals surface area contributed by atoms with Crippen molar-refractivity contribution in [2.75, 3.05) is 13.7 Å². The topological polar surface area (TPSA) is 80.7 Å². The van der Waals surface area contributed by atoms with Gasteiger partial charge in [0.1, 0.15) is 11.7 Å². The van der Waals surface area contributed by atoms with Crippen molar-refractivity contribution in [1.82, 2.24) is 10.3 Å². The molecule has 0 radical (unpaired) electrons. The first-order valence-corrected chi connectivity index (χ1v) is 7.27. The van der Waals surface area contributed by atoms with Crippen molar-refractivity contribution in [1.29, 1.82) is 0 Å².